The van der Waals surface area contributed by atoms with Gasteiger partial charge in [-0.05, 0) is 37.6 Å². The van der Waals surface area contributed by atoms with Crippen molar-refractivity contribution in [3.63, 3.8) is 0 Å². The lowest BCUT2D eigenvalue weighted by Crippen LogP contribution is -1.86. The van der Waals surface area contributed by atoms with Crippen LogP contribution in [0.4, 0.5) is 0 Å². The highest BCUT2D eigenvalue weighted by Gasteiger charge is 2.04. The number of halogens is 1. The van der Waals surface area contributed by atoms with Gasteiger partial charge in [-0.25, -0.2) is 0 Å². The lowest BCUT2D eigenvalue weighted by Gasteiger charge is -2.07. The Balaban J connectivity index is 2.12. The zero-order chi connectivity index (χ0) is 13.8. The maximum Gasteiger partial charge on any atom is 0.0992 e. The number of aryl methyl sites for hydroxylation is 2. The molecule has 2 rings (SSSR count). The van der Waals surface area contributed by atoms with Gasteiger partial charge in [0.2, 0.25) is 0 Å². The van der Waals surface area contributed by atoms with E-state index < -0.39 is 0 Å². The molecule has 0 unspecified atom stereocenters. The van der Waals surface area contributed by atoms with Crippen LogP contribution in [-0.2, 0) is 5.75 Å². The molecule has 2 aromatic carbocycles. The predicted molar refractivity (Wildman–Crippen MR) is 81.6 cm³/mol. The Morgan fingerprint density at radius 3 is 2.37 bits per heavy atom. The van der Waals surface area contributed by atoms with E-state index in [9.17, 15) is 0 Å². The second-order valence-electron chi connectivity index (χ2n) is 4.54. The van der Waals surface area contributed by atoms with Crippen molar-refractivity contribution in [2.75, 3.05) is 0 Å². The normalized spacial score (nSPS) is 10.2. The van der Waals surface area contributed by atoms with Gasteiger partial charge in [0.15, 0.2) is 0 Å². The van der Waals surface area contributed by atoms with Crippen molar-refractivity contribution in [3.05, 3.63) is 63.7 Å². The third kappa shape index (κ3) is 3.76. The van der Waals surface area contributed by atoms with E-state index in [4.69, 9.17) is 16.9 Å². The fourth-order valence-corrected chi connectivity index (χ4v) is 3.19. The summed E-state index contributed by atoms with van der Waals surface area (Å²) in [5, 5.41) is 9.45. The SMILES string of the molecule is Cc1cc(C)cc(CSc2ccc(C#N)cc2Cl)c1. The van der Waals surface area contributed by atoms with Gasteiger partial charge in [0.05, 0.1) is 16.7 Å². The summed E-state index contributed by atoms with van der Waals surface area (Å²) in [7, 11) is 0. The van der Waals surface area contributed by atoms with E-state index >= 15 is 0 Å². The van der Waals surface area contributed by atoms with E-state index in [1.54, 1.807) is 23.9 Å². The summed E-state index contributed by atoms with van der Waals surface area (Å²) < 4.78 is 0. The summed E-state index contributed by atoms with van der Waals surface area (Å²) in [5.41, 5.74) is 4.45. The Bertz CT molecular complexity index is 623. The molecular weight excluding hydrogens is 274 g/mol. The molecule has 0 amide bonds. The first-order chi connectivity index (χ1) is 9.08. The molecule has 0 saturated heterocycles. The second kappa shape index (κ2) is 6.14. The minimum Gasteiger partial charge on any atom is -0.192 e. The molecular formula is C16H14ClNS. The van der Waals surface area contributed by atoms with Crippen LogP contribution < -0.4 is 0 Å². The quantitative estimate of drug-likeness (QED) is 0.732. The van der Waals surface area contributed by atoms with Crippen LogP contribution in [0.5, 0.6) is 0 Å². The number of hydrogen-bond donors (Lipinski definition) is 0. The molecule has 0 N–H and O–H groups in total. The van der Waals surface area contributed by atoms with Gasteiger partial charge in [-0.15, -0.1) is 11.8 Å². The zero-order valence-corrected chi connectivity index (χ0v) is 12.5. The van der Waals surface area contributed by atoms with E-state index in [-0.39, 0.29) is 0 Å². The molecule has 0 aromatic heterocycles. The number of rotatable bonds is 3. The lowest BCUT2D eigenvalue weighted by molar-refractivity contribution is 1.29. The van der Waals surface area contributed by atoms with Gasteiger partial charge in [-0.3, -0.25) is 0 Å². The minimum atomic E-state index is 0.598. The Labute approximate surface area is 123 Å². The van der Waals surface area contributed by atoms with Crippen LogP contribution in [0.3, 0.4) is 0 Å². The van der Waals surface area contributed by atoms with Gasteiger partial charge in [-0.1, -0.05) is 40.9 Å². The van der Waals surface area contributed by atoms with Crippen LogP contribution in [0.15, 0.2) is 41.3 Å². The molecule has 0 atom stereocenters. The molecule has 0 aliphatic rings. The molecule has 0 fully saturated rings. The van der Waals surface area contributed by atoms with Gasteiger partial charge in [-0.2, -0.15) is 5.26 Å². The second-order valence-corrected chi connectivity index (χ2v) is 5.97. The van der Waals surface area contributed by atoms with Crippen molar-refractivity contribution in [2.24, 2.45) is 0 Å². The average Bonchev–Trinajstić information content (AvgIpc) is 2.36. The molecule has 0 aliphatic carbocycles. The van der Waals surface area contributed by atoms with E-state index in [1.807, 2.05) is 6.07 Å². The van der Waals surface area contributed by atoms with Crippen LogP contribution in [0.1, 0.15) is 22.3 Å². The zero-order valence-electron chi connectivity index (χ0n) is 10.9. The van der Waals surface area contributed by atoms with Gasteiger partial charge in [0.25, 0.3) is 0 Å². The van der Waals surface area contributed by atoms with Crippen molar-refractivity contribution in [1.29, 1.82) is 5.26 Å². The van der Waals surface area contributed by atoms with Crippen LogP contribution in [0.25, 0.3) is 0 Å². The van der Waals surface area contributed by atoms with E-state index in [2.05, 4.69) is 38.1 Å². The summed E-state index contributed by atoms with van der Waals surface area (Å²) >= 11 is 7.86. The fraction of sp³-hybridized carbons (Fsp3) is 0.188. The van der Waals surface area contributed by atoms with E-state index in [1.165, 1.54) is 16.7 Å². The number of benzene rings is 2. The molecule has 0 spiro atoms. The first-order valence-corrected chi connectivity index (χ1v) is 7.34. The van der Waals surface area contributed by atoms with Gasteiger partial charge < -0.3 is 0 Å². The highest BCUT2D eigenvalue weighted by Crippen LogP contribution is 2.30. The number of hydrogen-bond acceptors (Lipinski definition) is 2. The maximum absolute atomic E-state index is 8.81. The highest BCUT2D eigenvalue weighted by molar-refractivity contribution is 7.98. The molecule has 19 heavy (non-hydrogen) atoms. The third-order valence-electron chi connectivity index (χ3n) is 2.74. The minimum absolute atomic E-state index is 0.598. The van der Waals surface area contributed by atoms with E-state index in [0.29, 0.717) is 10.6 Å². The Kier molecular flexibility index (Phi) is 4.52. The largest absolute Gasteiger partial charge is 0.192 e. The first kappa shape index (κ1) is 14.0. The first-order valence-electron chi connectivity index (χ1n) is 5.98. The molecule has 3 heteroatoms. The number of thioether (sulfide) groups is 1. The molecule has 0 saturated carbocycles. The van der Waals surface area contributed by atoms with Crippen LogP contribution in [-0.4, -0.2) is 0 Å². The average molecular weight is 288 g/mol. The summed E-state index contributed by atoms with van der Waals surface area (Å²) in [6, 6.07) is 14.1. The van der Waals surface area contributed by atoms with Crippen molar-refractivity contribution in [2.45, 2.75) is 24.5 Å². The summed E-state index contributed by atoms with van der Waals surface area (Å²) in [6.45, 7) is 4.21. The summed E-state index contributed by atoms with van der Waals surface area (Å²) in [6.07, 6.45) is 0. The van der Waals surface area contributed by atoms with Crippen molar-refractivity contribution in [3.8, 4) is 6.07 Å². The monoisotopic (exact) mass is 287 g/mol. The maximum atomic E-state index is 8.81. The number of nitrogens with zero attached hydrogens (tertiary/aromatic N) is 1. The van der Waals surface area contributed by atoms with E-state index in [0.717, 1.165) is 10.6 Å². The van der Waals surface area contributed by atoms with Crippen molar-refractivity contribution in [1.82, 2.24) is 0 Å². The third-order valence-corrected chi connectivity index (χ3v) is 4.31. The smallest absolute Gasteiger partial charge is 0.0992 e. The standard InChI is InChI=1S/C16H14ClNS/c1-11-5-12(2)7-14(6-11)10-19-16-4-3-13(9-18)8-15(16)17/h3-8H,10H2,1-2H3. The summed E-state index contributed by atoms with van der Waals surface area (Å²) in [5.74, 6) is 0.883. The van der Waals surface area contributed by atoms with Crippen LogP contribution in [0, 0.1) is 25.2 Å². The Hall–Kier alpha value is -1.43. The topological polar surface area (TPSA) is 23.8 Å². The van der Waals surface area contributed by atoms with Crippen LogP contribution in [0.2, 0.25) is 5.02 Å². The number of nitriles is 1. The van der Waals surface area contributed by atoms with Gasteiger partial charge in [0.1, 0.15) is 0 Å². The molecule has 0 bridgehead atoms. The molecule has 1 nitrogen and oxygen atoms in total. The Morgan fingerprint density at radius 2 is 1.79 bits per heavy atom. The molecule has 2 aromatic rings. The van der Waals surface area contributed by atoms with Crippen LogP contribution >= 0.6 is 23.4 Å². The van der Waals surface area contributed by atoms with Gasteiger partial charge in [0, 0.05) is 10.6 Å². The molecule has 96 valence electrons. The highest BCUT2D eigenvalue weighted by atomic mass is 35.5. The molecule has 0 aliphatic heterocycles. The lowest BCUT2D eigenvalue weighted by atomic mass is 10.1. The van der Waals surface area contributed by atoms with Crippen molar-refractivity contribution >= 4 is 23.4 Å². The summed E-state index contributed by atoms with van der Waals surface area (Å²) in [4.78, 5) is 1.01. The fourth-order valence-electron chi connectivity index (χ4n) is 2.00. The van der Waals surface area contributed by atoms with Crippen molar-refractivity contribution < 1.29 is 0 Å². The predicted octanol–water partition coefficient (Wildman–Crippen LogP) is 5.12. The van der Waals surface area contributed by atoms with Gasteiger partial charge >= 0.3 is 0 Å². The molecule has 0 radical (unpaired) electrons. The molecule has 0 heterocycles. The Morgan fingerprint density at radius 1 is 1.11 bits per heavy atom.